The van der Waals surface area contributed by atoms with Crippen molar-refractivity contribution in [3.05, 3.63) is 71.4 Å². The molecule has 0 aliphatic heterocycles. The van der Waals surface area contributed by atoms with E-state index < -0.39 is 0 Å². The fraction of sp³-hybridized carbons (Fsp3) is 0.136. The van der Waals surface area contributed by atoms with E-state index in [1.165, 1.54) is 0 Å². The van der Waals surface area contributed by atoms with E-state index in [9.17, 15) is 10.1 Å². The number of hydrogen-bond acceptors (Lipinski definition) is 3. The summed E-state index contributed by atoms with van der Waals surface area (Å²) in [5, 5.41) is 9.98. The van der Waals surface area contributed by atoms with Crippen molar-refractivity contribution >= 4 is 22.5 Å². The predicted octanol–water partition coefficient (Wildman–Crippen LogP) is 4.55. The van der Waals surface area contributed by atoms with Gasteiger partial charge in [0, 0.05) is 23.2 Å². The highest BCUT2D eigenvalue weighted by Crippen LogP contribution is 2.38. The number of aryl methyl sites for hydroxylation is 1. The third-order valence-corrected chi connectivity index (χ3v) is 5.11. The molecule has 2 heterocycles. The molecule has 1 aliphatic rings. The van der Waals surface area contributed by atoms with Crippen LogP contribution in [0.5, 0.6) is 0 Å². The van der Waals surface area contributed by atoms with Crippen LogP contribution in [0.4, 0.5) is 0 Å². The zero-order valence-electron chi connectivity index (χ0n) is 14.1. The average Bonchev–Trinajstić information content (AvgIpc) is 3.07. The van der Waals surface area contributed by atoms with E-state index in [1.54, 1.807) is 0 Å². The number of benzene rings is 2. The number of fused-ring (bicyclic) bond motifs is 5. The fourth-order valence-electron chi connectivity index (χ4n) is 4.04. The molecule has 0 saturated carbocycles. The number of hydrogen-bond donors (Lipinski definition) is 0. The van der Waals surface area contributed by atoms with Gasteiger partial charge in [0.15, 0.2) is 11.4 Å². The first-order valence-electron chi connectivity index (χ1n) is 8.74. The molecule has 0 amide bonds. The molecular weight excluding hydrogens is 322 g/mol. The quantitative estimate of drug-likeness (QED) is 0.512. The lowest BCUT2D eigenvalue weighted by molar-refractivity contribution is 0.0972. The Morgan fingerprint density at radius 2 is 1.73 bits per heavy atom. The summed E-state index contributed by atoms with van der Waals surface area (Å²) in [6, 6.07) is 19.9. The van der Waals surface area contributed by atoms with E-state index in [1.807, 2.05) is 59.0 Å². The smallest absolute Gasteiger partial charge is 0.165 e. The van der Waals surface area contributed by atoms with Crippen molar-refractivity contribution in [2.75, 3.05) is 0 Å². The second-order valence-electron chi connectivity index (χ2n) is 6.59. The summed E-state index contributed by atoms with van der Waals surface area (Å²) < 4.78 is 2.02. The number of nitriles is 1. The molecule has 5 rings (SSSR count). The van der Waals surface area contributed by atoms with Gasteiger partial charge in [-0.2, -0.15) is 5.26 Å². The van der Waals surface area contributed by atoms with E-state index in [2.05, 4.69) is 6.07 Å². The third kappa shape index (κ3) is 1.94. The Hall–Kier alpha value is -3.45. The van der Waals surface area contributed by atoms with Crippen LogP contribution in [0, 0.1) is 11.3 Å². The minimum atomic E-state index is 0.112. The fourth-order valence-corrected chi connectivity index (χ4v) is 4.04. The van der Waals surface area contributed by atoms with Crippen molar-refractivity contribution in [2.45, 2.75) is 19.3 Å². The topological polar surface area (TPSA) is 58.2 Å². The van der Waals surface area contributed by atoms with Gasteiger partial charge in [0.2, 0.25) is 0 Å². The summed E-state index contributed by atoms with van der Waals surface area (Å²) in [4.78, 5) is 17.6. The molecule has 4 nitrogen and oxygen atoms in total. The van der Waals surface area contributed by atoms with Crippen molar-refractivity contribution < 1.29 is 4.79 Å². The number of carbonyl (C=O) groups excluding carboxylic acids is 1. The van der Waals surface area contributed by atoms with Gasteiger partial charge in [-0.05, 0) is 30.5 Å². The van der Waals surface area contributed by atoms with Crippen LogP contribution in [0.3, 0.4) is 0 Å². The number of nitrogens with zero attached hydrogens (tertiary/aromatic N) is 3. The van der Waals surface area contributed by atoms with Crippen LogP contribution < -0.4 is 0 Å². The van der Waals surface area contributed by atoms with Crippen molar-refractivity contribution in [1.82, 2.24) is 9.38 Å². The highest BCUT2D eigenvalue weighted by molar-refractivity contribution is 6.07. The van der Waals surface area contributed by atoms with Gasteiger partial charge in [-0.25, -0.2) is 4.98 Å². The molecule has 1 aliphatic carbocycles. The Labute approximate surface area is 150 Å². The number of aromatic nitrogens is 2. The van der Waals surface area contributed by atoms with E-state index in [0.29, 0.717) is 23.2 Å². The molecule has 0 fully saturated rings. The van der Waals surface area contributed by atoms with Crippen LogP contribution in [0.1, 0.15) is 34.5 Å². The molecule has 2 aromatic heterocycles. The van der Waals surface area contributed by atoms with Gasteiger partial charge in [-0.1, -0.05) is 42.5 Å². The molecule has 0 unspecified atom stereocenters. The Kier molecular flexibility index (Phi) is 3.16. The van der Waals surface area contributed by atoms with Crippen LogP contribution >= 0.6 is 0 Å². The molecule has 2 aromatic carbocycles. The minimum absolute atomic E-state index is 0.112. The second kappa shape index (κ2) is 5.53. The Bertz CT molecular complexity index is 1230. The van der Waals surface area contributed by atoms with Gasteiger partial charge < -0.3 is 0 Å². The summed E-state index contributed by atoms with van der Waals surface area (Å²) in [6.45, 7) is 0. The molecule has 0 radical (unpaired) electrons. The minimum Gasteiger partial charge on any atom is -0.295 e. The molecule has 4 heteroatoms. The van der Waals surface area contributed by atoms with Crippen LogP contribution in [-0.4, -0.2) is 15.2 Å². The molecule has 124 valence electrons. The average molecular weight is 337 g/mol. The maximum absolute atomic E-state index is 12.9. The lowest BCUT2D eigenvalue weighted by Gasteiger charge is -2.22. The first-order valence-corrected chi connectivity index (χ1v) is 8.74. The van der Waals surface area contributed by atoms with Gasteiger partial charge in [-0.3, -0.25) is 9.20 Å². The number of rotatable bonds is 1. The number of ketones is 1. The van der Waals surface area contributed by atoms with Gasteiger partial charge in [-0.15, -0.1) is 0 Å². The Balaban J connectivity index is 2.05. The van der Waals surface area contributed by atoms with E-state index >= 15 is 0 Å². The summed E-state index contributed by atoms with van der Waals surface area (Å²) in [5.74, 6) is 0.112. The molecule has 0 N–H and O–H groups in total. The second-order valence-corrected chi connectivity index (χ2v) is 6.59. The first kappa shape index (κ1) is 14.9. The largest absolute Gasteiger partial charge is 0.295 e. The highest BCUT2D eigenvalue weighted by Gasteiger charge is 2.29. The van der Waals surface area contributed by atoms with Crippen molar-refractivity contribution in [3.8, 4) is 17.2 Å². The number of pyridine rings is 1. The molecular formula is C22H15N3O. The first-order chi connectivity index (χ1) is 12.8. The number of imidazole rings is 1. The molecule has 0 bridgehead atoms. The van der Waals surface area contributed by atoms with Crippen molar-refractivity contribution in [1.29, 1.82) is 5.26 Å². The van der Waals surface area contributed by atoms with Gasteiger partial charge in [0.25, 0.3) is 0 Å². The lowest BCUT2D eigenvalue weighted by atomic mass is 9.85. The van der Waals surface area contributed by atoms with Crippen LogP contribution in [0.2, 0.25) is 0 Å². The lowest BCUT2D eigenvalue weighted by Crippen LogP contribution is -2.18. The monoisotopic (exact) mass is 337 g/mol. The summed E-state index contributed by atoms with van der Waals surface area (Å²) in [5.41, 5.74) is 6.19. The zero-order chi connectivity index (χ0) is 17.7. The summed E-state index contributed by atoms with van der Waals surface area (Å²) in [7, 11) is 0. The number of carbonyl (C=O) groups is 1. The maximum atomic E-state index is 12.9. The standard InChI is InChI=1S/C22H15N3O/c23-13-15-20(14-7-2-1-3-8-14)21-18(11-6-12-19(21)26)25-17-10-5-4-9-16(17)24-22(15)25/h1-5,7-10H,6,11-12H2. The molecule has 26 heavy (non-hydrogen) atoms. The number of Topliss-reactive ketones (excluding diaryl/α,β-unsaturated/α-hetero) is 1. The van der Waals surface area contributed by atoms with Crippen LogP contribution in [0.15, 0.2) is 54.6 Å². The third-order valence-electron chi connectivity index (χ3n) is 5.11. The molecule has 0 atom stereocenters. The van der Waals surface area contributed by atoms with Gasteiger partial charge in [0.1, 0.15) is 11.6 Å². The maximum Gasteiger partial charge on any atom is 0.165 e. The molecule has 4 aromatic rings. The van der Waals surface area contributed by atoms with E-state index in [0.717, 1.165) is 40.7 Å². The van der Waals surface area contributed by atoms with Crippen LogP contribution in [-0.2, 0) is 6.42 Å². The Morgan fingerprint density at radius 1 is 0.962 bits per heavy atom. The van der Waals surface area contributed by atoms with Gasteiger partial charge in [0.05, 0.1) is 11.0 Å². The van der Waals surface area contributed by atoms with E-state index in [-0.39, 0.29) is 5.78 Å². The molecule has 0 saturated heterocycles. The SMILES string of the molecule is N#Cc1c(-c2ccccc2)c2c(n3c1nc1ccccc13)CCCC2=O. The van der Waals surface area contributed by atoms with E-state index in [4.69, 9.17) is 4.98 Å². The van der Waals surface area contributed by atoms with Gasteiger partial charge >= 0.3 is 0 Å². The van der Waals surface area contributed by atoms with Crippen molar-refractivity contribution in [2.24, 2.45) is 0 Å². The Morgan fingerprint density at radius 3 is 2.54 bits per heavy atom. The normalized spacial score (nSPS) is 13.7. The summed E-state index contributed by atoms with van der Waals surface area (Å²) >= 11 is 0. The van der Waals surface area contributed by atoms with Crippen molar-refractivity contribution in [3.63, 3.8) is 0 Å². The summed E-state index contributed by atoms with van der Waals surface area (Å²) in [6.07, 6.45) is 2.16. The highest BCUT2D eigenvalue weighted by atomic mass is 16.1. The zero-order valence-corrected chi connectivity index (χ0v) is 14.1. The predicted molar refractivity (Wildman–Crippen MR) is 100 cm³/mol. The number of para-hydroxylation sites is 2. The molecule has 0 spiro atoms. The van der Waals surface area contributed by atoms with Crippen LogP contribution in [0.25, 0.3) is 27.8 Å².